The van der Waals surface area contributed by atoms with Gasteiger partial charge in [-0.05, 0) is 92.2 Å². The average molecular weight is 545 g/mol. The summed E-state index contributed by atoms with van der Waals surface area (Å²) < 4.78 is 73.7. The third-order valence-electron chi connectivity index (χ3n) is 7.78. The van der Waals surface area contributed by atoms with Gasteiger partial charge in [-0.25, -0.2) is 4.98 Å². The quantitative estimate of drug-likeness (QED) is 0.202. The van der Waals surface area contributed by atoms with E-state index in [1.54, 1.807) is 0 Å². The van der Waals surface area contributed by atoms with E-state index in [0.717, 1.165) is 33.7 Å². The first-order valence-electron chi connectivity index (χ1n) is 17.7. The summed E-state index contributed by atoms with van der Waals surface area (Å²) in [6.45, 7) is 1.92. The standard InChI is InChI=1S/C40H28N2/c1-27-41-37-20-9-10-21-38(37)42(27)32-24-22-29(23-25-32)39-33-16-5-7-18-35(33)40(36-19-8-6-17-34(36)39)31-15-11-14-30(26-31)28-12-3-2-4-13-28/h2-26H,1H3/i5D,6D,7D,8D,16D,17D,18D,19D. The fraction of sp³-hybridized carbons (Fsp3) is 0.0250. The highest BCUT2D eigenvalue weighted by Crippen LogP contribution is 2.44. The molecule has 0 fully saturated rings. The number of benzene rings is 7. The molecule has 0 aliphatic carbocycles. The largest absolute Gasteiger partial charge is 0.297 e. The van der Waals surface area contributed by atoms with Gasteiger partial charge in [0.2, 0.25) is 0 Å². The lowest BCUT2D eigenvalue weighted by Gasteiger charge is -2.18. The first kappa shape index (κ1) is 17.4. The number of aromatic nitrogens is 2. The molecule has 8 rings (SSSR count). The lowest BCUT2D eigenvalue weighted by molar-refractivity contribution is 1.00. The molecule has 8 aromatic rings. The van der Waals surface area contributed by atoms with Crippen molar-refractivity contribution in [3.8, 4) is 39.1 Å². The Morgan fingerprint density at radius 2 is 1.07 bits per heavy atom. The highest BCUT2D eigenvalue weighted by atomic mass is 15.1. The van der Waals surface area contributed by atoms with Gasteiger partial charge in [-0.15, -0.1) is 0 Å². The molecule has 2 heteroatoms. The van der Waals surface area contributed by atoms with Crippen LogP contribution in [-0.2, 0) is 0 Å². The summed E-state index contributed by atoms with van der Waals surface area (Å²) in [5.74, 6) is 0.792. The van der Waals surface area contributed by atoms with Gasteiger partial charge in [-0.1, -0.05) is 121 Å². The third kappa shape index (κ3) is 3.92. The lowest BCUT2D eigenvalue weighted by atomic mass is 9.85. The SMILES string of the molecule is [2H]c1c([2H])c([2H])c2c(-c3cccc(-c4ccccc4)c3)c3c([2H])c([2H])c([2H])c([2H])c3c(-c3ccc(-n4c(C)nc5ccccc54)cc3)c2c1[2H]. The van der Waals surface area contributed by atoms with Crippen molar-refractivity contribution < 1.29 is 11.0 Å². The molecule has 0 radical (unpaired) electrons. The number of imidazole rings is 1. The molecule has 42 heavy (non-hydrogen) atoms. The zero-order chi connectivity index (χ0) is 35.0. The van der Waals surface area contributed by atoms with Crippen LogP contribution < -0.4 is 0 Å². The van der Waals surface area contributed by atoms with E-state index in [-0.39, 0.29) is 45.7 Å². The van der Waals surface area contributed by atoms with Gasteiger partial charge >= 0.3 is 0 Å². The van der Waals surface area contributed by atoms with Crippen LogP contribution in [0.25, 0.3) is 71.6 Å². The molecule has 0 unspecified atom stereocenters. The number of aryl methyl sites for hydroxylation is 1. The van der Waals surface area contributed by atoms with Gasteiger partial charge in [0.1, 0.15) is 5.82 Å². The second kappa shape index (κ2) is 9.87. The van der Waals surface area contributed by atoms with Crippen LogP contribution >= 0.6 is 0 Å². The van der Waals surface area contributed by atoms with E-state index in [4.69, 9.17) is 5.48 Å². The lowest BCUT2D eigenvalue weighted by Crippen LogP contribution is -1.97. The van der Waals surface area contributed by atoms with Crippen molar-refractivity contribution in [3.63, 3.8) is 0 Å². The van der Waals surface area contributed by atoms with Gasteiger partial charge in [-0.2, -0.15) is 0 Å². The van der Waals surface area contributed by atoms with Crippen molar-refractivity contribution in [2.45, 2.75) is 6.92 Å². The molecule has 0 atom stereocenters. The predicted molar refractivity (Wildman–Crippen MR) is 177 cm³/mol. The molecule has 2 nitrogen and oxygen atoms in total. The molecule has 0 N–H and O–H groups in total. The molecule has 0 aliphatic rings. The Bertz CT molecular complexity index is 2600. The molecule has 198 valence electrons. The van der Waals surface area contributed by atoms with Crippen LogP contribution in [0, 0.1) is 6.92 Å². The van der Waals surface area contributed by atoms with Crippen LogP contribution in [0.3, 0.4) is 0 Å². The molecule has 0 spiro atoms. The Balaban J connectivity index is 1.52. The minimum Gasteiger partial charge on any atom is -0.297 e. The number of fused-ring (bicyclic) bond motifs is 3. The zero-order valence-electron chi connectivity index (χ0n) is 30.7. The Morgan fingerprint density at radius 3 is 1.74 bits per heavy atom. The minimum absolute atomic E-state index is 0.186. The molecular formula is C40H28N2. The van der Waals surface area contributed by atoms with E-state index in [1.165, 1.54) is 0 Å². The summed E-state index contributed by atoms with van der Waals surface area (Å²) in [4.78, 5) is 4.69. The molecule has 0 saturated carbocycles. The number of rotatable bonds is 4. The van der Waals surface area contributed by atoms with Gasteiger partial charge in [-0.3, -0.25) is 4.57 Å². The number of para-hydroxylation sites is 2. The van der Waals surface area contributed by atoms with E-state index in [9.17, 15) is 5.48 Å². The Labute approximate surface area is 256 Å². The summed E-state index contributed by atoms with van der Waals surface area (Å²) in [6, 6.07) is 29.6. The van der Waals surface area contributed by atoms with Crippen LogP contribution in [0.2, 0.25) is 0 Å². The molecule has 1 aromatic heterocycles. The second-order valence-corrected chi connectivity index (χ2v) is 10.2. The molecule has 0 saturated heterocycles. The normalized spacial score (nSPS) is 14.1. The molecule has 0 bridgehead atoms. The van der Waals surface area contributed by atoms with Crippen molar-refractivity contribution >= 4 is 32.6 Å². The zero-order valence-corrected chi connectivity index (χ0v) is 22.7. The van der Waals surface area contributed by atoms with Crippen LogP contribution in [0.4, 0.5) is 0 Å². The van der Waals surface area contributed by atoms with Crippen molar-refractivity contribution in [1.29, 1.82) is 0 Å². The van der Waals surface area contributed by atoms with Crippen molar-refractivity contribution in [2.75, 3.05) is 0 Å². The fourth-order valence-electron chi connectivity index (χ4n) is 5.94. The highest BCUT2D eigenvalue weighted by Gasteiger charge is 2.17. The van der Waals surface area contributed by atoms with E-state index >= 15 is 0 Å². The average Bonchev–Trinajstić information content (AvgIpc) is 3.49. The van der Waals surface area contributed by atoms with Crippen LogP contribution in [0.5, 0.6) is 0 Å². The van der Waals surface area contributed by atoms with Gasteiger partial charge in [0, 0.05) is 5.69 Å². The molecule has 7 aromatic carbocycles. The van der Waals surface area contributed by atoms with E-state index < -0.39 is 24.2 Å². The first-order chi connectivity index (χ1) is 24.1. The topological polar surface area (TPSA) is 17.8 Å². The number of hydrogen-bond donors (Lipinski definition) is 0. The van der Waals surface area contributed by atoms with Crippen molar-refractivity contribution in [1.82, 2.24) is 9.55 Å². The molecule has 0 amide bonds. The van der Waals surface area contributed by atoms with Gasteiger partial charge < -0.3 is 0 Å². The van der Waals surface area contributed by atoms with Crippen molar-refractivity contribution in [2.24, 2.45) is 0 Å². The van der Waals surface area contributed by atoms with Gasteiger partial charge in [0.25, 0.3) is 0 Å². The number of nitrogens with zero attached hydrogens (tertiary/aromatic N) is 2. The Kier molecular flexibility index (Phi) is 4.08. The smallest absolute Gasteiger partial charge is 0.111 e. The molecular weight excluding hydrogens is 508 g/mol. The van der Waals surface area contributed by atoms with Crippen LogP contribution in [0.1, 0.15) is 16.8 Å². The predicted octanol–water partition coefficient (Wildman–Crippen LogP) is 10.6. The fourth-order valence-corrected chi connectivity index (χ4v) is 5.94. The number of hydrogen-bond acceptors (Lipinski definition) is 1. The van der Waals surface area contributed by atoms with Gasteiger partial charge in [0.15, 0.2) is 0 Å². The minimum atomic E-state index is -0.426. The Morgan fingerprint density at radius 1 is 0.524 bits per heavy atom. The second-order valence-electron chi connectivity index (χ2n) is 10.2. The summed E-state index contributed by atoms with van der Waals surface area (Å²) in [5, 5.41) is 0.750. The van der Waals surface area contributed by atoms with Crippen molar-refractivity contribution in [3.05, 3.63) is 157 Å². The maximum absolute atomic E-state index is 9.23. The van der Waals surface area contributed by atoms with Crippen LogP contribution in [0.15, 0.2) is 151 Å². The summed E-state index contributed by atoms with van der Waals surface area (Å²) >= 11 is 0. The summed E-state index contributed by atoms with van der Waals surface area (Å²) in [6.07, 6.45) is 0. The van der Waals surface area contributed by atoms with E-state index in [2.05, 4.69) is 4.98 Å². The monoisotopic (exact) mass is 544 g/mol. The maximum atomic E-state index is 9.23. The van der Waals surface area contributed by atoms with E-state index in [0.29, 0.717) is 22.3 Å². The molecule has 0 aliphatic heterocycles. The molecule has 1 heterocycles. The first-order valence-corrected chi connectivity index (χ1v) is 13.7. The van der Waals surface area contributed by atoms with E-state index in [1.807, 2.05) is 115 Å². The summed E-state index contributed by atoms with van der Waals surface area (Å²) in [7, 11) is 0. The highest BCUT2D eigenvalue weighted by molar-refractivity contribution is 6.21. The third-order valence-corrected chi connectivity index (χ3v) is 7.78. The van der Waals surface area contributed by atoms with Gasteiger partial charge in [0.05, 0.1) is 22.0 Å². The maximum Gasteiger partial charge on any atom is 0.111 e. The summed E-state index contributed by atoms with van der Waals surface area (Å²) in [5.41, 5.74) is 6.16. The Hall–Kier alpha value is -5.47. The van der Waals surface area contributed by atoms with Crippen LogP contribution in [-0.4, -0.2) is 9.55 Å².